The lowest BCUT2D eigenvalue weighted by atomic mass is 9.89. The van der Waals surface area contributed by atoms with Crippen molar-refractivity contribution in [2.45, 2.75) is 24.2 Å². The van der Waals surface area contributed by atoms with Crippen molar-refractivity contribution in [3.8, 4) is 11.5 Å². The Labute approximate surface area is 203 Å². The summed E-state index contributed by atoms with van der Waals surface area (Å²) in [6, 6.07) is 17.7. The fourth-order valence-electron chi connectivity index (χ4n) is 3.88. The van der Waals surface area contributed by atoms with E-state index in [-0.39, 0.29) is 40.3 Å². The molecule has 0 aliphatic carbocycles. The van der Waals surface area contributed by atoms with E-state index in [1.165, 1.54) is 25.3 Å². The molecule has 1 aliphatic heterocycles. The lowest BCUT2D eigenvalue weighted by Crippen LogP contribution is -2.30. The second-order valence-corrected chi connectivity index (χ2v) is 9.80. The fourth-order valence-corrected chi connectivity index (χ4v) is 4.98. The number of fused-ring (bicyclic) bond motifs is 1. The number of para-hydroxylation sites is 3. The molecule has 0 saturated carbocycles. The van der Waals surface area contributed by atoms with Gasteiger partial charge in [-0.25, -0.2) is 8.42 Å². The van der Waals surface area contributed by atoms with Crippen molar-refractivity contribution in [2.75, 3.05) is 22.5 Å². The van der Waals surface area contributed by atoms with Gasteiger partial charge in [0.25, 0.3) is 10.0 Å². The van der Waals surface area contributed by atoms with Gasteiger partial charge in [-0.15, -0.1) is 0 Å². The van der Waals surface area contributed by atoms with Crippen LogP contribution in [0.4, 0.5) is 17.1 Å². The Morgan fingerprint density at radius 2 is 1.83 bits per heavy atom. The summed E-state index contributed by atoms with van der Waals surface area (Å²) < 4.78 is 33.4. The number of phenols is 1. The molecule has 1 unspecified atom stereocenters. The molecule has 1 heterocycles. The highest BCUT2D eigenvalue weighted by molar-refractivity contribution is 7.92. The number of amides is 2. The van der Waals surface area contributed by atoms with E-state index < -0.39 is 15.9 Å². The Balaban J connectivity index is 1.42. The smallest absolute Gasteiger partial charge is 0.262 e. The number of rotatable bonds is 8. The number of phenolic OH excluding ortho intramolecular Hbond substituents is 1. The summed E-state index contributed by atoms with van der Waals surface area (Å²) in [6.07, 6.45) is 0.860. The van der Waals surface area contributed by atoms with Crippen LogP contribution in [0.3, 0.4) is 0 Å². The van der Waals surface area contributed by atoms with Crippen LogP contribution in [-0.2, 0) is 26.0 Å². The van der Waals surface area contributed by atoms with Crippen molar-refractivity contribution >= 4 is 38.9 Å². The number of nitrogens with one attached hydrogen (secondary N) is 3. The van der Waals surface area contributed by atoms with Crippen molar-refractivity contribution in [3.63, 3.8) is 0 Å². The quantitative estimate of drug-likeness (QED) is 0.352. The molecule has 3 aromatic rings. The van der Waals surface area contributed by atoms with Crippen LogP contribution in [0.5, 0.6) is 11.5 Å². The summed E-state index contributed by atoms with van der Waals surface area (Å²) in [5.41, 5.74) is 2.00. The molecule has 9 nitrogen and oxygen atoms in total. The summed E-state index contributed by atoms with van der Waals surface area (Å²) in [5.74, 6) is -0.883. The maximum atomic E-state index is 12.9. The first-order valence-corrected chi connectivity index (χ1v) is 12.4. The van der Waals surface area contributed by atoms with E-state index in [2.05, 4.69) is 15.4 Å². The number of ether oxygens (including phenoxy) is 1. The average Bonchev–Trinajstić information content (AvgIpc) is 2.84. The van der Waals surface area contributed by atoms with Crippen LogP contribution in [-0.4, -0.2) is 32.4 Å². The van der Waals surface area contributed by atoms with E-state index in [9.17, 15) is 23.1 Å². The Bertz CT molecular complexity index is 1370. The predicted octanol–water partition coefficient (Wildman–Crippen LogP) is 3.73. The second kappa shape index (κ2) is 10.1. The number of methoxy groups -OCH3 is 1. The molecule has 0 aromatic heterocycles. The SMILES string of the molecule is COc1ccccc1NS(=O)(=O)c1ccc(O)c(NC(=O)CCC2Cc3ccccc3NC2=O)c1. The van der Waals surface area contributed by atoms with Gasteiger partial charge in [-0.3, -0.25) is 14.3 Å². The van der Waals surface area contributed by atoms with E-state index in [1.54, 1.807) is 24.3 Å². The molecule has 0 radical (unpaired) electrons. The number of sulfonamides is 1. The lowest BCUT2D eigenvalue weighted by molar-refractivity contribution is -0.121. The van der Waals surface area contributed by atoms with Crippen LogP contribution in [0.1, 0.15) is 18.4 Å². The van der Waals surface area contributed by atoms with Gasteiger partial charge < -0.3 is 20.5 Å². The summed E-state index contributed by atoms with van der Waals surface area (Å²) in [4.78, 5) is 24.8. The highest BCUT2D eigenvalue weighted by atomic mass is 32.2. The number of hydrogen-bond acceptors (Lipinski definition) is 6. The van der Waals surface area contributed by atoms with Crippen LogP contribution >= 0.6 is 0 Å². The molecule has 1 atom stereocenters. The normalized spacial score (nSPS) is 15.0. The van der Waals surface area contributed by atoms with Crippen LogP contribution in [0.15, 0.2) is 71.6 Å². The molecular formula is C25H25N3O6S. The Hall–Kier alpha value is -4.05. The zero-order valence-electron chi connectivity index (χ0n) is 18.9. The van der Waals surface area contributed by atoms with Crippen molar-refractivity contribution < 1.29 is 27.9 Å². The number of hydrogen-bond donors (Lipinski definition) is 4. The number of carbonyl (C=O) groups excluding carboxylic acids is 2. The molecule has 0 bridgehead atoms. The molecule has 4 rings (SSSR count). The first-order chi connectivity index (χ1) is 16.8. The average molecular weight is 496 g/mol. The zero-order valence-corrected chi connectivity index (χ0v) is 19.8. The van der Waals surface area contributed by atoms with Gasteiger partial charge in [0, 0.05) is 18.0 Å². The highest BCUT2D eigenvalue weighted by Crippen LogP contribution is 2.31. The maximum absolute atomic E-state index is 12.9. The molecule has 35 heavy (non-hydrogen) atoms. The monoisotopic (exact) mass is 495 g/mol. The van der Waals surface area contributed by atoms with E-state index in [4.69, 9.17) is 4.74 Å². The second-order valence-electron chi connectivity index (χ2n) is 8.12. The largest absolute Gasteiger partial charge is 0.506 e. The third kappa shape index (κ3) is 5.55. The standard InChI is InChI=1S/C25H25N3O6S/c1-34-23-9-5-4-8-20(23)28-35(32,33)18-11-12-22(29)21(15-18)26-24(30)13-10-17-14-16-6-2-3-7-19(16)27-25(17)31/h2-9,11-12,15,17,28-29H,10,13-14H2,1H3,(H,26,30)(H,27,31). The van der Waals surface area contributed by atoms with Crippen LogP contribution in [0.2, 0.25) is 0 Å². The molecular weight excluding hydrogens is 470 g/mol. The van der Waals surface area contributed by atoms with Crippen LogP contribution < -0.4 is 20.1 Å². The summed E-state index contributed by atoms with van der Waals surface area (Å²) in [7, 11) is -2.60. The van der Waals surface area contributed by atoms with E-state index in [0.717, 1.165) is 11.3 Å². The summed E-state index contributed by atoms with van der Waals surface area (Å²) >= 11 is 0. The predicted molar refractivity (Wildman–Crippen MR) is 132 cm³/mol. The highest BCUT2D eigenvalue weighted by Gasteiger charge is 2.26. The van der Waals surface area contributed by atoms with Gasteiger partial charge in [0.05, 0.1) is 23.4 Å². The molecule has 182 valence electrons. The van der Waals surface area contributed by atoms with Gasteiger partial charge in [-0.1, -0.05) is 30.3 Å². The minimum absolute atomic E-state index is 0.0239. The fraction of sp³-hybridized carbons (Fsp3) is 0.200. The van der Waals surface area contributed by atoms with Crippen molar-refractivity contribution in [1.29, 1.82) is 0 Å². The Morgan fingerprint density at radius 3 is 2.63 bits per heavy atom. The molecule has 0 saturated heterocycles. The van der Waals surface area contributed by atoms with Crippen LogP contribution in [0, 0.1) is 5.92 Å². The lowest BCUT2D eigenvalue weighted by Gasteiger charge is -2.24. The van der Waals surface area contributed by atoms with Gasteiger partial charge in [-0.2, -0.15) is 0 Å². The summed E-state index contributed by atoms with van der Waals surface area (Å²) in [5, 5.41) is 15.6. The third-order valence-electron chi connectivity index (χ3n) is 5.74. The first-order valence-electron chi connectivity index (χ1n) is 10.9. The summed E-state index contributed by atoms with van der Waals surface area (Å²) in [6.45, 7) is 0. The minimum Gasteiger partial charge on any atom is -0.506 e. The molecule has 10 heteroatoms. The number of benzene rings is 3. The van der Waals surface area contributed by atoms with E-state index >= 15 is 0 Å². The minimum atomic E-state index is -4.03. The van der Waals surface area contributed by atoms with Gasteiger partial charge in [0.1, 0.15) is 11.5 Å². The maximum Gasteiger partial charge on any atom is 0.262 e. The number of aromatic hydroxyl groups is 1. The molecule has 0 fully saturated rings. The van der Waals surface area contributed by atoms with Crippen molar-refractivity contribution in [2.24, 2.45) is 5.92 Å². The molecule has 0 spiro atoms. The van der Waals surface area contributed by atoms with Gasteiger partial charge >= 0.3 is 0 Å². The van der Waals surface area contributed by atoms with Crippen molar-refractivity contribution in [3.05, 3.63) is 72.3 Å². The molecule has 2 amide bonds. The van der Waals surface area contributed by atoms with Gasteiger partial charge in [0.15, 0.2) is 0 Å². The Morgan fingerprint density at radius 1 is 1.09 bits per heavy atom. The molecule has 1 aliphatic rings. The molecule has 3 aromatic carbocycles. The molecule has 4 N–H and O–H groups in total. The third-order valence-corrected chi connectivity index (χ3v) is 7.10. The van der Waals surface area contributed by atoms with Crippen LogP contribution in [0.25, 0.3) is 0 Å². The van der Waals surface area contributed by atoms with Gasteiger partial charge in [0.2, 0.25) is 11.8 Å². The van der Waals surface area contributed by atoms with E-state index in [1.807, 2.05) is 24.3 Å². The first kappa shape index (κ1) is 24.1. The van der Waals surface area contributed by atoms with Gasteiger partial charge in [-0.05, 0) is 54.8 Å². The van der Waals surface area contributed by atoms with Crippen molar-refractivity contribution in [1.82, 2.24) is 0 Å². The number of anilines is 3. The zero-order chi connectivity index (χ0) is 25.0. The van der Waals surface area contributed by atoms with E-state index in [0.29, 0.717) is 18.6 Å². The topological polar surface area (TPSA) is 134 Å². The number of carbonyl (C=O) groups is 2. The Kier molecular flexibility index (Phi) is 6.92.